The number of carbonyl (C=O) groups is 1. The van der Waals surface area contributed by atoms with Crippen LogP contribution in [-0.4, -0.2) is 55.9 Å². The lowest BCUT2D eigenvalue weighted by Crippen LogP contribution is -2.38. The van der Waals surface area contributed by atoms with Crippen LogP contribution in [0.15, 0.2) is 36.0 Å². The molecule has 4 rings (SSSR count). The number of piperidine rings is 1. The van der Waals surface area contributed by atoms with E-state index >= 15 is 0 Å². The highest BCUT2D eigenvalue weighted by Gasteiger charge is 2.26. The minimum absolute atomic E-state index is 0.173. The van der Waals surface area contributed by atoms with Gasteiger partial charge in [-0.25, -0.2) is 14.5 Å². The fourth-order valence-corrected chi connectivity index (χ4v) is 4.95. The number of likely N-dealkylation sites (tertiary alicyclic amines) is 1. The molecule has 0 spiro atoms. The molecule has 2 aromatic heterocycles. The van der Waals surface area contributed by atoms with Crippen LogP contribution in [-0.2, 0) is 11.3 Å². The van der Waals surface area contributed by atoms with Crippen LogP contribution in [0.2, 0.25) is 0 Å². The van der Waals surface area contributed by atoms with Gasteiger partial charge in [0, 0.05) is 24.4 Å². The molecule has 0 saturated carbocycles. The molecule has 0 bridgehead atoms. The van der Waals surface area contributed by atoms with E-state index in [0.29, 0.717) is 19.1 Å². The third-order valence-corrected chi connectivity index (χ3v) is 7.04. The van der Waals surface area contributed by atoms with Crippen molar-refractivity contribution in [1.29, 1.82) is 0 Å². The number of amides is 1. The van der Waals surface area contributed by atoms with Crippen molar-refractivity contribution in [2.45, 2.75) is 64.4 Å². The first-order chi connectivity index (χ1) is 16.7. The van der Waals surface area contributed by atoms with Gasteiger partial charge in [-0.05, 0) is 54.0 Å². The van der Waals surface area contributed by atoms with Gasteiger partial charge in [-0.2, -0.15) is 0 Å². The van der Waals surface area contributed by atoms with Gasteiger partial charge in [0.1, 0.15) is 18.7 Å². The third kappa shape index (κ3) is 6.75. The summed E-state index contributed by atoms with van der Waals surface area (Å²) < 4.78 is 12.9. The van der Waals surface area contributed by atoms with Crippen LogP contribution in [0, 0.1) is 0 Å². The third-order valence-electron chi connectivity index (χ3n) is 5.98. The first kappa shape index (κ1) is 24.1. The lowest BCUT2D eigenvalue weighted by atomic mass is 9.98. The molecule has 3 heterocycles. The van der Waals surface area contributed by atoms with E-state index < -0.39 is 0 Å². The summed E-state index contributed by atoms with van der Waals surface area (Å²) in [5.74, 6) is 1.15. The van der Waals surface area contributed by atoms with Gasteiger partial charge >= 0.3 is 6.09 Å². The van der Waals surface area contributed by atoms with Gasteiger partial charge in [-0.3, -0.25) is 0 Å². The Morgan fingerprint density at radius 2 is 1.91 bits per heavy atom. The number of benzene rings is 1. The summed E-state index contributed by atoms with van der Waals surface area (Å²) in [6.07, 6.45) is 8.98. The Balaban J connectivity index is 1.17. The number of hydrogen-bond donors (Lipinski definition) is 0. The summed E-state index contributed by atoms with van der Waals surface area (Å²) in [6, 6.07) is 7.60. The van der Waals surface area contributed by atoms with Crippen LogP contribution >= 0.6 is 11.3 Å². The number of unbranched alkanes of at least 4 members (excludes halogenated alkanes) is 4. The highest BCUT2D eigenvalue weighted by atomic mass is 32.1. The van der Waals surface area contributed by atoms with Crippen molar-refractivity contribution < 1.29 is 14.3 Å². The van der Waals surface area contributed by atoms with Gasteiger partial charge < -0.3 is 14.4 Å². The maximum absolute atomic E-state index is 12.3. The first-order valence-electron chi connectivity index (χ1n) is 12.0. The molecule has 9 nitrogen and oxygen atoms in total. The molecular formula is C24H32N6O3S. The van der Waals surface area contributed by atoms with E-state index in [1.54, 1.807) is 22.3 Å². The van der Waals surface area contributed by atoms with E-state index in [2.05, 4.69) is 27.8 Å². The van der Waals surface area contributed by atoms with Crippen molar-refractivity contribution in [3.05, 3.63) is 46.7 Å². The highest BCUT2D eigenvalue weighted by molar-refractivity contribution is 7.09. The molecule has 0 unspecified atom stereocenters. The van der Waals surface area contributed by atoms with E-state index in [1.165, 1.54) is 19.3 Å². The molecule has 34 heavy (non-hydrogen) atoms. The summed E-state index contributed by atoms with van der Waals surface area (Å²) in [6.45, 7) is 4.59. The van der Waals surface area contributed by atoms with Crippen LogP contribution in [0.1, 0.15) is 68.5 Å². The number of nitrogens with zero attached hydrogens (tertiary/aromatic N) is 6. The molecule has 10 heteroatoms. The molecule has 182 valence electrons. The number of aromatic nitrogens is 5. The Labute approximate surface area is 204 Å². The Morgan fingerprint density at radius 1 is 1.12 bits per heavy atom. The number of hydrogen-bond acceptors (Lipinski definition) is 8. The minimum Gasteiger partial charge on any atom is -0.487 e. The second-order valence-electron chi connectivity index (χ2n) is 8.50. The summed E-state index contributed by atoms with van der Waals surface area (Å²) in [5, 5.41) is 14.3. The Morgan fingerprint density at radius 3 is 2.65 bits per heavy atom. The SMILES string of the molecule is CCCCCCCOC(=O)N1CCC(c2nc(COc3ccc(-n4cnnn4)cc3)cs2)CC1. The van der Waals surface area contributed by atoms with Crippen LogP contribution in [0.4, 0.5) is 4.79 Å². The van der Waals surface area contributed by atoms with Crippen molar-refractivity contribution in [1.82, 2.24) is 30.1 Å². The van der Waals surface area contributed by atoms with E-state index in [4.69, 9.17) is 14.5 Å². The smallest absolute Gasteiger partial charge is 0.409 e. The van der Waals surface area contributed by atoms with Crippen molar-refractivity contribution in [2.75, 3.05) is 19.7 Å². The molecule has 1 fully saturated rings. The van der Waals surface area contributed by atoms with Gasteiger partial charge in [0.05, 0.1) is 23.0 Å². The summed E-state index contributed by atoms with van der Waals surface area (Å²) in [5.41, 5.74) is 1.80. The zero-order valence-corrected chi connectivity index (χ0v) is 20.5. The van der Waals surface area contributed by atoms with Gasteiger partial charge in [-0.15, -0.1) is 16.4 Å². The standard InChI is InChI=1S/C24H32N6O3S/c1-2-3-4-5-6-15-32-24(31)29-13-11-19(12-14-29)23-26-20(17-34-23)16-33-22-9-7-21(8-10-22)30-18-25-27-28-30/h7-10,17-19H,2-6,11-16H2,1H3. The molecule has 0 radical (unpaired) electrons. The van der Waals surface area contributed by atoms with Crippen LogP contribution in [0.25, 0.3) is 5.69 Å². The minimum atomic E-state index is -0.173. The molecule has 0 aliphatic carbocycles. The monoisotopic (exact) mass is 484 g/mol. The second kappa shape index (κ2) is 12.5. The van der Waals surface area contributed by atoms with Crippen molar-refractivity contribution in [3.63, 3.8) is 0 Å². The molecule has 3 aromatic rings. The van der Waals surface area contributed by atoms with E-state index in [1.807, 2.05) is 29.2 Å². The van der Waals surface area contributed by atoms with Gasteiger partial charge in [0.2, 0.25) is 0 Å². The Kier molecular flexibility index (Phi) is 8.84. The van der Waals surface area contributed by atoms with E-state index in [0.717, 1.165) is 60.9 Å². The number of tetrazole rings is 1. The zero-order valence-electron chi connectivity index (χ0n) is 19.6. The normalized spacial score (nSPS) is 14.3. The lowest BCUT2D eigenvalue weighted by molar-refractivity contribution is 0.0911. The number of ether oxygens (including phenoxy) is 2. The van der Waals surface area contributed by atoms with Gasteiger partial charge in [0.15, 0.2) is 0 Å². The van der Waals surface area contributed by atoms with E-state index in [-0.39, 0.29) is 6.09 Å². The summed E-state index contributed by atoms with van der Waals surface area (Å²) in [7, 11) is 0. The van der Waals surface area contributed by atoms with Crippen LogP contribution < -0.4 is 4.74 Å². The average Bonchev–Trinajstić information content (AvgIpc) is 3.58. The van der Waals surface area contributed by atoms with Crippen molar-refractivity contribution >= 4 is 17.4 Å². The average molecular weight is 485 g/mol. The topological polar surface area (TPSA) is 95.3 Å². The molecular weight excluding hydrogens is 452 g/mol. The molecule has 0 N–H and O–H groups in total. The number of thiazole rings is 1. The molecule has 1 saturated heterocycles. The molecule has 1 aliphatic rings. The predicted molar refractivity (Wildman–Crippen MR) is 129 cm³/mol. The summed E-state index contributed by atoms with van der Waals surface area (Å²) in [4.78, 5) is 18.9. The first-order valence-corrected chi connectivity index (χ1v) is 12.9. The Bertz CT molecular complexity index is 1000. The largest absolute Gasteiger partial charge is 0.487 e. The Hall–Kier alpha value is -3.01. The lowest BCUT2D eigenvalue weighted by Gasteiger charge is -2.30. The second-order valence-corrected chi connectivity index (χ2v) is 9.39. The van der Waals surface area contributed by atoms with Gasteiger partial charge in [-0.1, -0.05) is 32.6 Å². The predicted octanol–water partition coefficient (Wildman–Crippen LogP) is 4.98. The van der Waals surface area contributed by atoms with Crippen LogP contribution in [0.5, 0.6) is 5.75 Å². The molecule has 0 atom stereocenters. The van der Waals surface area contributed by atoms with Crippen molar-refractivity contribution in [3.8, 4) is 11.4 Å². The van der Waals surface area contributed by atoms with Gasteiger partial charge in [0.25, 0.3) is 0 Å². The maximum atomic E-state index is 12.3. The fourth-order valence-electron chi connectivity index (χ4n) is 3.97. The zero-order chi connectivity index (χ0) is 23.6. The maximum Gasteiger partial charge on any atom is 0.409 e. The van der Waals surface area contributed by atoms with Crippen LogP contribution in [0.3, 0.4) is 0 Å². The fraction of sp³-hybridized carbons (Fsp3) is 0.542. The quantitative estimate of drug-likeness (QED) is 0.354. The van der Waals surface area contributed by atoms with E-state index in [9.17, 15) is 4.79 Å². The van der Waals surface area contributed by atoms with Crippen molar-refractivity contribution in [2.24, 2.45) is 0 Å². The molecule has 1 aromatic carbocycles. The summed E-state index contributed by atoms with van der Waals surface area (Å²) >= 11 is 1.67. The highest BCUT2D eigenvalue weighted by Crippen LogP contribution is 2.31. The molecule has 1 amide bonds. The number of carbonyl (C=O) groups excluding carboxylic acids is 1. The number of rotatable bonds is 11. The molecule has 1 aliphatic heterocycles.